The number of rotatable bonds is 5. The van der Waals surface area contributed by atoms with Crippen LogP contribution in [-0.4, -0.2) is 41.3 Å². The van der Waals surface area contributed by atoms with Crippen LogP contribution in [-0.2, 0) is 13.1 Å². The molecule has 0 amide bonds. The topological polar surface area (TPSA) is 23.6 Å². The molecule has 3 saturated heterocycles. The Bertz CT molecular complexity index is 727. The molecule has 0 spiro atoms. The van der Waals surface area contributed by atoms with Crippen LogP contribution in [0.5, 0.6) is 0 Å². The van der Waals surface area contributed by atoms with E-state index in [4.69, 9.17) is 0 Å². The van der Waals surface area contributed by atoms with Crippen LogP contribution < -0.4 is 0 Å². The van der Waals surface area contributed by atoms with Crippen LogP contribution in [0.4, 0.5) is 0 Å². The van der Waals surface area contributed by atoms with E-state index >= 15 is 0 Å². The minimum atomic E-state index is 0.182. The van der Waals surface area contributed by atoms with E-state index in [0.717, 1.165) is 30.4 Å². The molecule has 3 aliphatic rings. The second-order valence-electron chi connectivity index (χ2n) is 7.58. The Morgan fingerprint density at radius 1 is 1.08 bits per heavy atom. The number of Topliss-reactive ketones (excluding diaryl/α,β-unsaturated/α-hetero) is 1. The number of piperidine rings is 1. The van der Waals surface area contributed by atoms with Crippen LogP contribution in [0.3, 0.4) is 0 Å². The van der Waals surface area contributed by atoms with Gasteiger partial charge >= 0.3 is 0 Å². The summed E-state index contributed by atoms with van der Waals surface area (Å²) in [6, 6.07) is 13.6. The first-order valence-corrected chi connectivity index (χ1v) is 10.1. The molecule has 2 bridgehead atoms. The van der Waals surface area contributed by atoms with Crippen LogP contribution in [0.15, 0.2) is 41.8 Å². The lowest BCUT2D eigenvalue weighted by atomic mass is 9.94. The fraction of sp³-hybridized carbons (Fsp3) is 0.476. The van der Waals surface area contributed by atoms with Gasteiger partial charge in [-0.1, -0.05) is 30.3 Å². The highest BCUT2D eigenvalue weighted by atomic mass is 32.1. The van der Waals surface area contributed by atoms with Gasteiger partial charge < -0.3 is 0 Å². The van der Waals surface area contributed by atoms with Crippen molar-refractivity contribution in [3.63, 3.8) is 0 Å². The SMILES string of the molecule is CC(=O)c1cc(CN2C[C@H]3CC[C@@H](C2)N(Cc2ccccc2)C3)cs1. The van der Waals surface area contributed by atoms with Crippen molar-refractivity contribution in [3.8, 4) is 0 Å². The number of nitrogens with zero attached hydrogens (tertiary/aromatic N) is 2. The largest absolute Gasteiger partial charge is 0.297 e. The molecule has 4 heterocycles. The van der Waals surface area contributed by atoms with Gasteiger partial charge in [0.15, 0.2) is 5.78 Å². The van der Waals surface area contributed by atoms with Crippen molar-refractivity contribution < 1.29 is 4.79 Å². The third kappa shape index (κ3) is 4.02. The monoisotopic (exact) mass is 354 g/mol. The van der Waals surface area contributed by atoms with Crippen molar-refractivity contribution in [3.05, 3.63) is 57.8 Å². The van der Waals surface area contributed by atoms with Gasteiger partial charge in [0.05, 0.1) is 4.88 Å². The maximum Gasteiger partial charge on any atom is 0.169 e. The summed E-state index contributed by atoms with van der Waals surface area (Å²) in [6.45, 7) is 7.27. The van der Waals surface area contributed by atoms with Gasteiger partial charge in [0.2, 0.25) is 0 Å². The van der Waals surface area contributed by atoms with Gasteiger partial charge in [-0.05, 0) is 48.3 Å². The lowest BCUT2D eigenvalue weighted by Gasteiger charge is -2.36. The van der Waals surface area contributed by atoms with Crippen molar-refractivity contribution in [1.29, 1.82) is 0 Å². The summed E-state index contributed by atoms with van der Waals surface area (Å²) in [4.78, 5) is 17.7. The quantitative estimate of drug-likeness (QED) is 0.757. The first kappa shape index (κ1) is 17.0. The van der Waals surface area contributed by atoms with E-state index in [9.17, 15) is 4.79 Å². The molecule has 3 aliphatic heterocycles. The first-order chi connectivity index (χ1) is 12.2. The summed E-state index contributed by atoms with van der Waals surface area (Å²) in [7, 11) is 0. The highest BCUT2D eigenvalue weighted by molar-refractivity contribution is 7.12. The summed E-state index contributed by atoms with van der Waals surface area (Å²) in [5, 5.41) is 2.16. The molecule has 0 N–H and O–H groups in total. The molecule has 2 aromatic rings. The molecule has 0 saturated carbocycles. The van der Waals surface area contributed by atoms with Crippen molar-refractivity contribution >= 4 is 17.1 Å². The smallest absolute Gasteiger partial charge is 0.169 e. The van der Waals surface area contributed by atoms with Crippen molar-refractivity contribution in [2.45, 2.75) is 38.9 Å². The Hall–Kier alpha value is -1.49. The average molecular weight is 355 g/mol. The normalized spacial score (nSPS) is 24.4. The van der Waals surface area contributed by atoms with Gasteiger partial charge in [-0.3, -0.25) is 14.6 Å². The van der Waals surface area contributed by atoms with Crippen molar-refractivity contribution in [2.24, 2.45) is 5.92 Å². The van der Waals surface area contributed by atoms with Crippen molar-refractivity contribution in [2.75, 3.05) is 19.6 Å². The van der Waals surface area contributed by atoms with Crippen LogP contribution in [0.2, 0.25) is 0 Å². The second-order valence-corrected chi connectivity index (χ2v) is 8.49. The third-order valence-electron chi connectivity index (χ3n) is 5.54. The Balaban J connectivity index is 1.42. The van der Waals surface area contributed by atoms with Gasteiger partial charge in [0, 0.05) is 38.8 Å². The van der Waals surface area contributed by atoms with Gasteiger partial charge in [0.1, 0.15) is 0 Å². The van der Waals surface area contributed by atoms with Crippen LogP contribution >= 0.6 is 11.3 Å². The number of benzene rings is 1. The molecule has 132 valence electrons. The van der Waals surface area contributed by atoms with E-state index in [1.54, 1.807) is 18.3 Å². The molecule has 5 rings (SSSR count). The van der Waals surface area contributed by atoms with E-state index in [0.29, 0.717) is 6.04 Å². The van der Waals surface area contributed by atoms with E-state index in [1.165, 1.54) is 37.1 Å². The molecule has 3 fully saturated rings. The zero-order valence-corrected chi connectivity index (χ0v) is 15.7. The zero-order valence-electron chi connectivity index (χ0n) is 14.9. The minimum absolute atomic E-state index is 0.182. The molecule has 3 nitrogen and oxygen atoms in total. The number of carbonyl (C=O) groups excluding carboxylic acids is 1. The lowest BCUT2D eigenvalue weighted by Crippen LogP contribution is -2.43. The molecule has 25 heavy (non-hydrogen) atoms. The fourth-order valence-electron chi connectivity index (χ4n) is 4.32. The highest BCUT2D eigenvalue weighted by Gasteiger charge is 2.34. The first-order valence-electron chi connectivity index (χ1n) is 9.26. The molecular weight excluding hydrogens is 328 g/mol. The number of hydrogen-bond donors (Lipinski definition) is 0. The lowest BCUT2D eigenvalue weighted by molar-refractivity contribution is 0.102. The van der Waals surface area contributed by atoms with Gasteiger partial charge in [-0.2, -0.15) is 0 Å². The Morgan fingerprint density at radius 2 is 1.92 bits per heavy atom. The zero-order chi connectivity index (χ0) is 17.2. The average Bonchev–Trinajstić information content (AvgIpc) is 2.90. The Labute approximate surface area is 154 Å². The van der Waals surface area contributed by atoms with E-state index in [-0.39, 0.29) is 5.78 Å². The van der Waals surface area contributed by atoms with Crippen LogP contribution in [0.25, 0.3) is 0 Å². The molecule has 1 aromatic heterocycles. The van der Waals surface area contributed by atoms with Crippen LogP contribution in [0, 0.1) is 5.92 Å². The highest BCUT2D eigenvalue weighted by Crippen LogP contribution is 2.30. The van der Waals surface area contributed by atoms with E-state index < -0.39 is 0 Å². The molecular formula is C21H26N2OS. The Morgan fingerprint density at radius 3 is 2.68 bits per heavy atom. The number of thiophene rings is 1. The van der Waals surface area contributed by atoms with Crippen molar-refractivity contribution in [1.82, 2.24) is 9.80 Å². The number of fused-ring (bicyclic) bond motifs is 4. The second kappa shape index (κ2) is 7.40. The molecule has 0 unspecified atom stereocenters. The predicted octanol–water partition coefficient (Wildman–Crippen LogP) is 4.05. The maximum absolute atomic E-state index is 11.5. The number of hydrogen-bond acceptors (Lipinski definition) is 4. The molecule has 4 heteroatoms. The fourth-order valence-corrected chi connectivity index (χ4v) is 5.12. The van der Waals surface area contributed by atoms with Gasteiger partial charge in [0.25, 0.3) is 0 Å². The maximum atomic E-state index is 11.5. The van der Waals surface area contributed by atoms with E-state index in [1.807, 2.05) is 0 Å². The minimum Gasteiger partial charge on any atom is -0.297 e. The molecule has 1 aromatic carbocycles. The van der Waals surface area contributed by atoms with Gasteiger partial charge in [-0.25, -0.2) is 0 Å². The van der Waals surface area contributed by atoms with Gasteiger partial charge in [-0.15, -0.1) is 11.3 Å². The summed E-state index contributed by atoms with van der Waals surface area (Å²) in [5.74, 6) is 0.953. The number of carbonyl (C=O) groups is 1. The van der Waals surface area contributed by atoms with Crippen LogP contribution in [0.1, 0.15) is 40.6 Å². The summed E-state index contributed by atoms with van der Waals surface area (Å²) >= 11 is 1.58. The third-order valence-corrected chi connectivity index (χ3v) is 6.62. The molecule has 0 aliphatic carbocycles. The summed E-state index contributed by atoms with van der Waals surface area (Å²) in [5.41, 5.74) is 2.72. The van der Waals surface area contributed by atoms with E-state index in [2.05, 4.69) is 51.6 Å². The Kier molecular flexibility index (Phi) is 5.02. The summed E-state index contributed by atoms with van der Waals surface area (Å²) in [6.07, 6.45) is 2.67. The summed E-state index contributed by atoms with van der Waals surface area (Å²) < 4.78 is 0. The standard InChI is InChI=1S/C21H26N2OS/c1-16(24)21-9-19(15-25-21)11-22-10-18-7-8-20(14-22)23(13-18)12-17-5-3-2-4-6-17/h2-6,9,15,18,20H,7-8,10-14H2,1H3/t18-,20+/m1/s1. The predicted molar refractivity (Wildman–Crippen MR) is 103 cm³/mol. The molecule has 2 atom stereocenters. The number of ketones is 1. The molecule has 0 radical (unpaired) electrons.